The number of aromatic nitrogens is 2. The summed E-state index contributed by atoms with van der Waals surface area (Å²) in [6, 6.07) is 23.5. The zero-order valence-electron chi connectivity index (χ0n) is 29.9. The predicted octanol–water partition coefficient (Wildman–Crippen LogP) is 8.82. The first-order valence-corrected chi connectivity index (χ1v) is 18.0. The zero-order chi connectivity index (χ0) is 35.1. The van der Waals surface area contributed by atoms with Crippen LogP contribution in [0.4, 0.5) is 4.79 Å². The number of carbonyl (C=O) groups is 3. The van der Waals surface area contributed by atoms with Gasteiger partial charge in [0.25, 0.3) is 0 Å². The molecule has 4 heterocycles. The van der Waals surface area contributed by atoms with Crippen LogP contribution >= 0.6 is 0 Å². The summed E-state index contributed by atoms with van der Waals surface area (Å²) in [6.45, 7) is 12.8. The van der Waals surface area contributed by atoms with E-state index in [9.17, 15) is 14.4 Å². The van der Waals surface area contributed by atoms with Gasteiger partial charge in [-0.2, -0.15) is 0 Å². The van der Waals surface area contributed by atoms with Crippen LogP contribution in [0.5, 0.6) is 0 Å². The van der Waals surface area contributed by atoms with Gasteiger partial charge in [-0.1, -0.05) is 75.2 Å². The van der Waals surface area contributed by atoms with Crippen LogP contribution in [-0.2, 0) is 4.74 Å². The smallest absolute Gasteiger partial charge is 0.410 e. The van der Waals surface area contributed by atoms with Gasteiger partial charge in [0.1, 0.15) is 17.0 Å². The molecule has 0 bridgehead atoms. The van der Waals surface area contributed by atoms with E-state index in [1.54, 1.807) is 4.90 Å². The summed E-state index contributed by atoms with van der Waals surface area (Å²) in [5, 5.41) is 5.48. The maximum absolute atomic E-state index is 13.5. The van der Waals surface area contributed by atoms with Gasteiger partial charge in [-0.05, 0) is 96.7 Å². The molecule has 0 atom stereocenters. The molecule has 0 saturated carbocycles. The van der Waals surface area contributed by atoms with Crippen LogP contribution < -0.4 is 5.32 Å². The van der Waals surface area contributed by atoms with Gasteiger partial charge in [-0.25, -0.2) is 14.8 Å². The van der Waals surface area contributed by atoms with E-state index in [4.69, 9.17) is 4.74 Å². The summed E-state index contributed by atoms with van der Waals surface area (Å²) in [7, 11) is 0. The number of nitrogens with one attached hydrogen (secondary N) is 1. The number of nitrogens with zero attached hydrogens (tertiary/aromatic N) is 3. The van der Waals surface area contributed by atoms with Gasteiger partial charge >= 0.3 is 6.09 Å². The maximum Gasteiger partial charge on any atom is 0.410 e. The van der Waals surface area contributed by atoms with Gasteiger partial charge in [0.05, 0.1) is 11.0 Å². The molecular formula is C41H52N4O4. The molecule has 2 aliphatic heterocycles. The molecule has 4 aromatic rings. The summed E-state index contributed by atoms with van der Waals surface area (Å²) in [4.78, 5) is 49.9. The second-order valence-electron chi connectivity index (χ2n) is 14.7. The minimum absolute atomic E-state index is 0.101. The SMILES string of the molecule is CCCC1(C(=O)c2ccc3ccccc3n2)CCN(C(=O)OC(C)(C)C)CC1.CCCC1(C(=O)c2ccc3ccccc3n2)CCNCC1. The fourth-order valence-electron chi connectivity index (χ4n) is 7.42. The summed E-state index contributed by atoms with van der Waals surface area (Å²) in [5.41, 5.74) is 1.72. The molecule has 2 aliphatic rings. The highest BCUT2D eigenvalue weighted by atomic mass is 16.6. The van der Waals surface area contributed by atoms with Crippen LogP contribution in [-0.4, -0.2) is 64.3 Å². The van der Waals surface area contributed by atoms with Gasteiger partial charge in [-0.3, -0.25) is 9.59 Å². The molecule has 2 fully saturated rings. The fourth-order valence-corrected chi connectivity index (χ4v) is 7.42. The number of hydrogen-bond acceptors (Lipinski definition) is 7. The first kappa shape index (κ1) is 36.1. The van der Waals surface area contributed by atoms with E-state index in [0.29, 0.717) is 37.3 Å². The average molecular weight is 665 g/mol. The van der Waals surface area contributed by atoms with E-state index in [-0.39, 0.29) is 23.1 Å². The molecule has 0 unspecified atom stereocenters. The molecule has 1 amide bonds. The number of likely N-dealkylation sites (tertiary alicyclic amines) is 1. The van der Waals surface area contributed by atoms with E-state index in [0.717, 1.165) is 73.4 Å². The lowest BCUT2D eigenvalue weighted by atomic mass is 9.70. The number of carbonyl (C=O) groups excluding carboxylic acids is 3. The molecule has 2 saturated heterocycles. The van der Waals surface area contributed by atoms with Crippen molar-refractivity contribution in [3.05, 3.63) is 84.2 Å². The van der Waals surface area contributed by atoms with Crippen molar-refractivity contribution < 1.29 is 19.1 Å². The maximum atomic E-state index is 13.5. The predicted molar refractivity (Wildman–Crippen MR) is 196 cm³/mol. The number of benzene rings is 2. The summed E-state index contributed by atoms with van der Waals surface area (Å²) in [6.07, 6.45) is 6.58. The Balaban J connectivity index is 0.000000199. The Hall–Kier alpha value is -4.17. The van der Waals surface area contributed by atoms with E-state index in [1.807, 2.05) is 93.6 Å². The van der Waals surface area contributed by atoms with Crippen LogP contribution in [0.3, 0.4) is 0 Å². The third-order valence-electron chi connectivity index (χ3n) is 10.0. The van der Waals surface area contributed by atoms with Crippen LogP contribution in [0.15, 0.2) is 72.8 Å². The number of ketones is 2. The minimum Gasteiger partial charge on any atom is -0.444 e. The number of amides is 1. The molecule has 0 aliphatic carbocycles. The highest BCUT2D eigenvalue weighted by molar-refractivity contribution is 6.01. The van der Waals surface area contributed by atoms with Crippen LogP contribution in [0.1, 0.15) is 107 Å². The number of fused-ring (bicyclic) bond motifs is 2. The van der Waals surface area contributed by atoms with Crippen molar-refractivity contribution in [1.82, 2.24) is 20.2 Å². The molecular weight excluding hydrogens is 612 g/mol. The van der Waals surface area contributed by atoms with Gasteiger partial charge in [0.2, 0.25) is 0 Å². The van der Waals surface area contributed by atoms with Gasteiger partial charge in [0.15, 0.2) is 11.6 Å². The highest BCUT2D eigenvalue weighted by Crippen LogP contribution is 2.40. The van der Waals surface area contributed by atoms with E-state index in [1.165, 1.54) is 0 Å². The number of Topliss-reactive ketones (excluding diaryl/α,β-unsaturated/α-hetero) is 2. The largest absolute Gasteiger partial charge is 0.444 e. The first-order valence-electron chi connectivity index (χ1n) is 18.0. The summed E-state index contributed by atoms with van der Waals surface area (Å²) < 4.78 is 5.49. The molecule has 260 valence electrons. The average Bonchev–Trinajstić information content (AvgIpc) is 3.11. The molecule has 49 heavy (non-hydrogen) atoms. The Bertz CT molecular complexity index is 1760. The Morgan fingerprint density at radius 3 is 1.59 bits per heavy atom. The lowest BCUT2D eigenvalue weighted by Crippen LogP contribution is -2.48. The molecule has 8 nitrogen and oxygen atoms in total. The Kier molecular flexibility index (Phi) is 11.5. The molecule has 8 heteroatoms. The van der Waals surface area contributed by atoms with Crippen molar-refractivity contribution >= 4 is 39.5 Å². The lowest BCUT2D eigenvalue weighted by molar-refractivity contribution is 0.00936. The third kappa shape index (κ3) is 8.53. The topological polar surface area (TPSA) is 101 Å². The van der Waals surface area contributed by atoms with Gasteiger partial charge in [-0.15, -0.1) is 0 Å². The molecule has 1 N–H and O–H groups in total. The fraction of sp³-hybridized carbons (Fsp3) is 0.488. The minimum atomic E-state index is -0.514. The van der Waals surface area contributed by atoms with Crippen LogP contribution in [0, 0.1) is 10.8 Å². The molecule has 2 aromatic heterocycles. The highest BCUT2D eigenvalue weighted by Gasteiger charge is 2.43. The lowest BCUT2D eigenvalue weighted by Gasteiger charge is -2.40. The van der Waals surface area contributed by atoms with Gasteiger partial charge in [0, 0.05) is 34.7 Å². The Morgan fingerprint density at radius 1 is 0.694 bits per heavy atom. The standard InChI is InChI=1S/C23H30N2O3.C18H22N2O/c1-5-12-23(13-15-25(16-14-23)21(27)28-22(2,3)4)20(26)19-11-10-17-8-6-7-9-18(17)24-19;1-2-9-18(10-12-19-13-11-18)17(21)16-8-7-14-5-3-4-6-15(14)20-16/h6-11H,5,12-16H2,1-4H3;3-8,19H,2,9-13H2,1H3. The van der Waals surface area contributed by atoms with Crippen LogP contribution in [0.2, 0.25) is 0 Å². The van der Waals surface area contributed by atoms with Crippen molar-refractivity contribution in [3.63, 3.8) is 0 Å². The van der Waals surface area contributed by atoms with E-state index in [2.05, 4.69) is 29.1 Å². The molecule has 2 aromatic carbocycles. The third-order valence-corrected chi connectivity index (χ3v) is 10.0. The Labute approximate surface area is 291 Å². The second-order valence-corrected chi connectivity index (χ2v) is 14.7. The summed E-state index contributed by atoms with van der Waals surface area (Å²) in [5.74, 6) is 0.334. The number of pyridine rings is 2. The monoisotopic (exact) mass is 664 g/mol. The van der Waals surface area contributed by atoms with Crippen molar-refractivity contribution in [2.45, 2.75) is 91.6 Å². The van der Waals surface area contributed by atoms with Crippen molar-refractivity contribution in [1.29, 1.82) is 0 Å². The molecule has 6 rings (SSSR count). The number of hydrogen-bond donors (Lipinski definition) is 1. The number of ether oxygens (including phenoxy) is 1. The van der Waals surface area contributed by atoms with Crippen LogP contribution in [0.25, 0.3) is 21.8 Å². The van der Waals surface area contributed by atoms with E-state index >= 15 is 0 Å². The zero-order valence-corrected chi connectivity index (χ0v) is 29.9. The van der Waals surface area contributed by atoms with Crippen molar-refractivity contribution in [3.8, 4) is 0 Å². The van der Waals surface area contributed by atoms with E-state index < -0.39 is 11.0 Å². The number of rotatable bonds is 8. The second kappa shape index (κ2) is 15.6. The van der Waals surface area contributed by atoms with Gasteiger partial charge < -0.3 is 15.0 Å². The molecule has 0 spiro atoms. The first-order chi connectivity index (χ1) is 23.5. The quantitative estimate of drug-likeness (QED) is 0.188. The van der Waals surface area contributed by atoms with Crippen molar-refractivity contribution in [2.24, 2.45) is 10.8 Å². The van der Waals surface area contributed by atoms with Crippen molar-refractivity contribution in [2.75, 3.05) is 26.2 Å². The normalized spacial score (nSPS) is 17.2. The summed E-state index contributed by atoms with van der Waals surface area (Å²) >= 11 is 0. The number of para-hydroxylation sites is 2. The molecule has 0 radical (unpaired) electrons. The number of piperidine rings is 2. The Morgan fingerprint density at radius 2 is 1.14 bits per heavy atom.